The van der Waals surface area contributed by atoms with Gasteiger partial charge in [-0.15, -0.1) is 0 Å². The van der Waals surface area contributed by atoms with E-state index in [1.807, 2.05) is 4.90 Å². The Morgan fingerprint density at radius 1 is 0.942 bits per heavy atom. The lowest BCUT2D eigenvalue weighted by molar-refractivity contribution is -0.159. The van der Waals surface area contributed by atoms with E-state index in [0.717, 1.165) is 38.8 Å². The fraction of sp³-hybridized carbons (Fsp3) is 0.641. The molecule has 5 atom stereocenters. The second-order valence-electron chi connectivity index (χ2n) is 15.1. The van der Waals surface area contributed by atoms with Gasteiger partial charge in [0.25, 0.3) is 5.91 Å². The first kappa shape index (κ1) is 41.0. The molecule has 52 heavy (non-hydrogen) atoms. The summed E-state index contributed by atoms with van der Waals surface area (Å²) in [6.45, 7) is 5.34. The van der Waals surface area contributed by atoms with Crippen LogP contribution in [-0.4, -0.2) is 109 Å². The maximum absolute atomic E-state index is 14.0. The van der Waals surface area contributed by atoms with Crippen molar-refractivity contribution in [3.05, 3.63) is 46.2 Å². The van der Waals surface area contributed by atoms with Gasteiger partial charge in [0.1, 0.15) is 22.8 Å². The van der Waals surface area contributed by atoms with Gasteiger partial charge in [0.05, 0.1) is 23.9 Å². The third-order valence-corrected chi connectivity index (χ3v) is 11.2. The highest BCUT2D eigenvalue weighted by Gasteiger charge is 2.66. The van der Waals surface area contributed by atoms with Crippen LogP contribution < -0.4 is 5.32 Å². The number of nitrogens with zero attached hydrogens (tertiary/aromatic N) is 2. The molecule has 4 aliphatic rings. The van der Waals surface area contributed by atoms with Crippen LogP contribution in [0.4, 0.5) is 0 Å². The number of nitrogens with one attached hydrogen (secondary N) is 1. The number of aliphatic carboxylic acids is 1. The van der Waals surface area contributed by atoms with Crippen LogP contribution in [0.1, 0.15) is 108 Å². The molecule has 1 aromatic rings. The average Bonchev–Trinajstić information content (AvgIpc) is 3.61. The first-order chi connectivity index (χ1) is 24.6. The Morgan fingerprint density at radius 2 is 1.54 bits per heavy atom. The van der Waals surface area contributed by atoms with Gasteiger partial charge in [-0.1, -0.05) is 70.4 Å². The highest BCUT2D eigenvalue weighted by Crippen LogP contribution is 2.57. The summed E-state index contributed by atoms with van der Waals surface area (Å²) in [4.78, 5) is 54.5. The number of carbonyl (C=O) groups excluding carboxylic acids is 3. The molecule has 1 aliphatic heterocycles. The molecule has 5 rings (SSSR count). The molecule has 0 radical (unpaired) electrons. The van der Waals surface area contributed by atoms with Crippen LogP contribution in [0.5, 0.6) is 5.75 Å². The van der Waals surface area contributed by atoms with E-state index < -0.39 is 69.6 Å². The molecule has 3 aliphatic carbocycles. The maximum Gasteiger partial charge on any atom is 0.303 e. The number of Topliss-reactive ketones (excluding diaryl/α,β-unsaturated/α-hetero) is 2. The topological polar surface area (TPSA) is 208 Å². The number of ketones is 2. The average molecular weight is 728 g/mol. The van der Waals surface area contributed by atoms with Crippen LogP contribution in [0.15, 0.2) is 35.1 Å². The number of aliphatic hydroxyl groups is 4. The summed E-state index contributed by atoms with van der Waals surface area (Å²) in [7, 11) is 3.12. The van der Waals surface area contributed by atoms with Gasteiger partial charge in [-0.25, -0.2) is 0 Å². The molecule has 7 N–H and O–H groups in total. The summed E-state index contributed by atoms with van der Waals surface area (Å²) < 4.78 is 0. The summed E-state index contributed by atoms with van der Waals surface area (Å²) in [5.41, 5.74) is -5.54. The Labute approximate surface area is 306 Å². The number of benzene rings is 1. The van der Waals surface area contributed by atoms with Gasteiger partial charge < -0.3 is 36.0 Å². The van der Waals surface area contributed by atoms with Crippen molar-refractivity contribution < 1.29 is 49.8 Å². The summed E-state index contributed by atoms with van der Waals surface area (Å²) >= 11 is 0. The monoisotopic (exact) mass is 727 g/mol. The van der Waals surface area contributed by atoms with E-state index in [4.69, 9.17) is 5.11 Å². The van der Waals surface area contributed by atoms with E-state index >= 15 is 0 Å². The zero-order chi connectivity index (χ0) is 38.4. The number of carbonyl (C=O) groups is 4. The molecule has 13 nitrogen and oxygen atoms in total. The molecular weight excluding hydrogens is 670 g/mol. The molecule has 13 heteroatoms. The van der Waals surface area contributed by atoms with Crippen molar-refractivity contribution in [2.75, 3.05) is 33.9 Å². The summed E-state index contributed by atoms with van der Waals surface area (Å²) in [6.07, 6.45) is 13.3. The third-order valence-electron chi connectivity index (χ3n) is 11.2. The van der Waals surface area contributed by atoms with Crippen molar-refractivity contribution in [3.63, 3.8) is 0 Å². The number of phenolic OH excluding ortho intramolecular Hbond substituents is 1. The van der Waals surface area contributed by atoms with Crippen LogP contribution >= 0.6 is 0 Å². The molecule has 1 amide bonds. The second-order valence-corrected chi connectivity index (χ2v) is 15.1. The van der Waals surface area contributed by atoms with Crippen molar-refractivity contribution in [2.45, 2.75) is 115 Å². The minimum absolute atomic E-state index is 0.137. The van der Waals surface area contributed by atoms with Crippen molar-refractivity contribution >= 4 is 29.2 Å². The maximum atomic E-state index is 14.0. The molecule has 288 valence electrons. The first-order valence-electron chi connectivity index (χ1n) is 18.7. The Balaban J connectivity index is 0.000000368. The molecule has 1 heterocycles. The van der Waals surface area contributed by atoms with E-state index in [2.05, 4.69) is 12.2 Å². The van der Waals surface area contributed by atoms with E-state index in [-0.39, 0.29) is 35.5 Å². The SMILES string of the molecule is CCCCCCCCCCCC(=O)O.CN(C)[C@@H]1C(=O)C(C(=O)NCN2CCCC2)=C(O)[C@@]2(O)C(=O)C3=C(O)c4c(O)cccc4[C@@](C)(O)[C@H]3C[C@H]12. The molecular formula is C39H57N3O10. The van der Waals surface area contributed by atoms with Gasteiger partial charge in [-0.3, -0.25) is 29.0 Å². The molecule has 0 spiro atoms. The largest absolute Gasteiger partial charge is 0.508 e. The number of rotatable bonds is 14. The molecule has 1 aromatic carbocycles. The second kappa shape index (κ2) is 17.4. The van der Waals surface area contributed by atoms with Gasteiger partial charge in [0.2, 0.25) is 5.78 Å². The third kappa shape index (κ3) is 8.22. The summed E-state index contributed by atoms with van der Waals surface area (Å²) in [5.74, 6) is -7.83. The van der Waals surface area contributed by atoms with Gasteiger partial charge >= 0.3 is 5.97 Å². The molecule has 0 aromatic heterocycles. The van der Waals surface area contributed by atoms with E-state index in [1.54, 1.807) is 14.1 Å². The van der Waals surface area contributed by atoms with E-state index in [9.17, 15) is 44.7 Å². The number of amides is 1. The Hall–Kier alpha value is -3.78. The van der Waals surface area contributed by atoms with Crippen LogP contribution in [-0.2, 0) is 24.8 Å². The lowest BCUT2D eigenvalue weighted by Crippen LogP contribution is -2.67. The van der Waals surface area contributed by atoms with Crippen molar-refractivity contribution in [1.82, 2.24) is 15.1 Å². The van der Waals surface area contributed by atoms with Gasteiger partial charge in [0, 0.05) is 23.8 Å². The number of phenols is 1. The number of aromatic hydroxyl groups is 1. The van der Waals surface area contributed by atoms with Crippen LogP contribution in [0.3, 0.4) is 0 Å². The minimum atomic E-state index is -2.72. The van der Waals surface area contributed by atoms with Gasteiger partial charge in [-0.05, 0) is 71.4 Å². The number of carboxylic acid groups (broad SMARTS) is 1. The van der Waals surface area contributed by atoms with Crippen molar-refractivity contribution in [3.8, 4) is 5.75 Å². The van der Waals surface area contributed by atoms with E-state index in [1.165, 1.54) is 75.0 Å². The van der Waals surface area contributed by atoms with Crippen molar-refractivity contribution in [2.24, 2.45) is 11.8 Å². The summed E-state index contributed by atoms with van der Waals surface area (Å²) in [5, 5.41) is 67.4. The lowest BCUT2D eigenvalue weighted by Gasteiger charge is -2.53. The first-order valence-corrected chi connectivity index (χ1v) is 18.7. The molecule has 1 saturated carbocycles. The minimum Gasteiger partial charge on any atom is -0.508 e. The standard InChI is InChI=1S/C27H33N3O8.C12H24O2/c1-26(37)13-7-6-8-16(31)17(13)21(32)18-14(26)11-15-20(29(2)3)22(33)19(24(35)27(15,38)23(18)34)25(36)28-12-30-9-4-5-10-30;1-2-3-4-5-6-7-8-9-10-11-12(13)14/h6-8,14-15,20,31-32,35,37-38H,4-5,9-12H2,1-3H3,(H,28,36);2-11H2,1H3,(H,13,14)/t14-,15+,20-,26+,27-;/m0./s1. The molecule has 0 unspecified atom stereocenters. The normalized spacial score (nSPS) is 27.2. The Morgan fingerprint density at radius 3 is 2.12 bits per heavy atom. The molecule has 2 fully saturated rings. The van der Waals surface area contributed by atoms with Crippen LogP contribution in [0, 0.1) is 11.8 Å². The number of likely N-dealkylation sites (tertiary alicyclic amines) is 1. The van der Waals surface area contributed by atoms with Gasteiger partial charge in [-0.2, -0.15) is 0 Å². The fourth-order valence-corrected chi connectivity index (χ4v) is 8.28. The number of carboxylic acids is 1. The summed E-state index contributed by atoms with van der Waals surface area (Å²) in [6, 6.07) is 3.12. The van der Waals surface area contributed by atoms with Gasteiger partial charge in [0.15, 0.2) is 11.4 Å². The Kier molecular flexibility index (Phi) is 13.7. The number of aliphatic hydroxyl groups excluding tert-OH is 2. The predicted octanol–water partition coefficient (Wildman–Crippen LogP) is 4.31. The quantitative estimate of drug-likeness (QED) is 0.106. The van der Waals surface area contributed by atoms with Crippen LogP contribution in [0.2, 0.25) is 0 Å². The molecule has 1 saturated heterocycles. The lowest BCUT2D eigenvalue weighted by atomic mass is 9.54. The number of likely N-dealkylation sites (N-methyl/N-ethyl adjacent to an activating group) is 1. The highest BCUT2D eigenvalue weighted by atomic mass is 16.4. The Bertz CT molecular complexity index is 1560. The molecule has 0 bridgehead atoms. The number of unbranched alkanes of at least 4 members (excludes halogenated alkanes) is 8. The van der Waals surface area contributed by atoms with Crippen molar-refractivity contribution in [1.29, 1.82) is 0 Å². The predicted molar refractivity (Wildman–Crippen MR) is 194 cm³/mol. The number of hydrogen-bond acceptors (Lipinski definition) is 11. The highest BCUT2D eigenvalue weighted by molar-refractivity contribution is 6.25. The smallest absolute Gasteiger partial charge is 0.303 e. The fourth-order valence-electron chi connectivity index (χ4n) is 8.28. The number of hydrogen-bond donors (Lipinski definition) is 7. The zero-order valence-corrected chi connectivity index (χ0v) is 31.0. The van der Waals surface area contributed by atoms with Crippen LogP contribution in [0.25, 0.3) is 5.76 Å². The zero-order valence-electron chi connectivity index (χ0n) is 31.0. The number of fused-ring (bicyclic) bond motifs is 3. The van der Waals surface area contributed by atoms with E-state index in [0.29, 0.717) is 6.42 Å².